The minimum atomic E-state index is -4.03. The van der Waals surface area contributed by atoms with Crippen LogP contribution in [0.4, 0.5) is 15.8 Å². The number of carbonyl (C=O) groups is 2. The van der Waals surface area contributed by atoms with Crippen molar-refractivity contribution in [3.8, 4) is 0 Å². The third-order valence-corrected chi connectivity index (χ3v) is 7.50. The second-order valence-corrected chi connectivity index (χ2v) is 11.0. The Morgan fingerprint density at radius 2 is 1.81 bits per heavy atom. The van der Waals surface area contributed by atoms with E-state index in [1.165, 1.54) is 47.4 Å². The van der Waals surface area contributed by atoms with Gasteiger partial charge in [0.15, 0.2) is 0 Å². The molecule has 1 fully saturated rings. The van der Waals surface area contributed by atoms with Gasteiger partial charge in [0.1, 0.15) is 18.4 Å². The number of anilines is 1. The molecule has 10 nitrogen and oxygen atoms in total. The van der Waals surface area contributed by atoms with Gasteiger partial charge in [-0.3, -0.25) is 24.0 Å². The lowest BCUT2D eigenvalue weighted by Gasteiger charge is -2.33. The van der Waals surface area contributed by atoms with E-state index in [1.54, 1.807) is 6.92 Å². The van der Waals surface area contributed by atoms with E-state index >= 15 is 0 Å². The van der Waals surface area contributed by atoms with Gasteiger partial charge in [0.25, 0.3) is 5.69 Å². The van der Waals surface area contributed by atoms with Crippen LogP contribution in [-0.2, 0) is 26.2 Å². The maximum Gasteiger partial charge on any atom is 0.271 e. The van der Waals surface area contributed by atoms with Crippen LogP contribution in [0.25, 0.3) is 0 Å². The number of hydrogen-bond acceptors (Lipinski definition) is 6. The zero-order valence-electron chi connectivity index (χ0n) is 20.8. The van der Waals surface area contributed by atoms with Crippen LogP contribution < -0.4 is 9.62 Å². The Morgan fingerprint density at radius 1 is 1.16 bits per heavy atom. The molecule has 2 amide bonds. The van der Waals surface area contributed by atoms with E-state index in [4.69, 9.17) is 0 Å². The van der Waals surface area contributed by atoms with Gasteiger partial charge in [-0.25, -0.2) is 12.8 Å². The Morgan fingerprint density at radius 3 is 2.38 bits per heavy atom. The van der Waals surface area contributed by atoms with E-state index in [0.29, 0.717) is 5.56 Å². The summed E-state index contributed by atoms with van der Waals surface area (Å²) in [5.74, 6) is -1.47. The van der Waals surface area contributed by atoms with Crippen molar-refractivity contribution < 1.29 is 27.3 Å². The first-order valence-electron chi connectivity index (χ1n) is 12.1. The smallest absolute Gasteiger partial charge is 0.271 e. The molecule has 1 atom stereocenters. The molecule has 2 aromatic rings. The number of nitro benzene ring substituents is 1. The second-order valence-electron chi connectivity index (χ2n) is 9.11. The summed E-state index contributed by atoms with van der Waals surface area (Å²) in [5, 5.41) is 14.2. The largest absolute Gasteiger partial charge is 0.352 e. The summed E-state index contributed by atoms with van der Waals surface area (Å²) in [7, 11) is -4.03. The first-order valence-corrected chi connectivity index (χ1v) is 13.9. The predicted octanol–water partition coefficient (Wildman–Crippen LogP) is 3.37. The van der Waals surface area contributed by atoms with Gasteiger partial charge in [-0.2, -0.15) is 0 Å². The van der Waals surface area contributed by atoms with Gasteiger partial charge in [0.2, 0.25) is 21.8 Å². The van der Waals surface area contributed by atoms with Crippen LogP contribution in [0.15, 0.2) is 48.5 Å². The summed E-state index contributed by atoms with van der Waals surface area (Å²) in [6, 6.07) is 9.55. The monoisotopic (exact) mass is 534 g/mol. The third kappa shape index (κ3) is 7.48. The van der Waals surface area contributed by atoms with Crippen molar-refractivity contribution in [3.05, 3.63) is 70.0 Å². The highest BCUT2D eigenvalue weighted by atomic mass is 32.2. The lowest BCUT2D eigenvalue weighted by molar-refractivity contribution is -0.384. The fraction of sp³-hybridized carbons (Fsp3) is 0.440. The molecule has 37 heavy (non-hydrogen) atoms. The highest BCUT2D eigenvalue weighted by molar-refractivity contribution is 7.92. The van der Waals surface area contributed by atoms with Crippen molar-refractivity contribution >= 4 is 33.2 Å². The Labute approximate surface area is 215 Å². The molecule has 0 aliphatic heterocycles. The molecule has 0 aromatic heterocycles. The standard InChI is InChI=1S/C25H31FN4O6S/c1-3-23(25(32)27-20-7-4-5-8-20)28(16-18-11-13-19(26)14-12-18)24(31)17-29(37(2,35)36)21-9-6-10-22(15-21)30(33)34/h6,9-15,20,23H,3-5,7-8,16-17H2,1-2H3,(H,27,32)/t23-/m0/s1. The van der Waals surface area contributed by atoms with Crippen LogP contribution in [0.2, 0.25) is 0 Å². The number of nitrogens with zero attached hydrogens (tertiary/aromatic N) is 3. The molecule has 3 rings (SSSR count). The Hall–Kier alpha value is -3.54. The highest BCUT2D eigenvalue weighted by Gasteiger charge is 2.33. The van der Waals surface area contributed by atoms with E-state index in [-0.39, 0.29) is 36.3 Å². The molecule has 1 aliphatic carbocycles. The molecule has 0 bridgehead atoms. The Kier molecular flexibility index (Phi) is 9.19. The van der Waals surface area contributed by atoms with E-state index in [1.807, 2.05) is 0 Å². The normalized spacial score (nSPS) is 14.7. The van der Waals surface area contributed by atoms with Gasteiger partial charge in [-0.05, 0) is 43.0 Å². The van der Waals surface area contributed by atoms with E-state index in [2.05, 4.69) is 5.32 Å². The number of nitrogens with one attached hydrogen (secondary N) is 1. The maximum absolute atomic E-state index is 13.6. The minimum absolute atomic E-state index is 0.0155. The molecular formula is C25H31FN4O6S. The zero-order valence-corrected chi connectivity index (χ0v) is 21.6. The first kappa shape index (κ1) is 28.0. The van der Waals surface area contributed by atoms with Gasteiger partial charge in [-0.15, -0.1) is 0 Å². The SMILES string of the molecule is CC[C@@H](C(=O)NC1CCCC1)N(Cc1ccc(F)cc1)C(=O)CN(c1cccc([N+](=O)[O-])c1)S(C)(=O)=O. The zero-order chi connectivity index (χ0) is 27.2. The molecule has 200 valence electrons. The number of nitro groups is 1. The van der Waals surface area contributed by atoms with E-state index in [0.717, 1.165) is 42.3 Å². The molecule has 0 unspecified atom stereocenters. The summed E-state index contributed by atoms with van der Waals surface area (Å²) in [5.41, 5.74) is 0.183. The molecule has 2 aromatic carbocycles. The topological polar surface area (TPSA) is 130 Å². The van der Waals surface area contributed by atoms with Crippen molar-refractivity contribution in [2.24, 2.45) is 0 Å². The summed E-state index contributed by atoms with van der Waals surface area (Å²) < 4.78 is 39.5. The lowest BCUT2D eigenvalue weighted by Crippen LogP contribution is -2.53. The highest BCUT2D eigenvalue weighted by Crippen LogP contribution is 2.24. The molecule has 0 spiro atoms. The van der Waals surface area contributed by atoms with Crippen LogP contribution in [0, 0.1) is 15.9 Å². The Balaban J connectivity index is 1.94. The number of rotatable bonds is 11. The van der Waals surface area contributed by atoms with Crippen LogP contribution in [-0.4, -0.2) is 54.9 Å². The third-order valence-electron chi connectivity index (χ3n) is 6.36. The molecule has 1 saturated carbocycles. The van der Waals surface area contributed by atoms with Gasteiger partial charge in [-0.1, -0.05) is 38.0 Å². The fourth-order valence-electron chi connectivity index (χ4n) is 4.45. The predicted molar refractivity (Wildman–Crippen MR) is 137 cm³/mol. The van der Waals surface area contributed by atoms with E-state index in [9.17, 15) is 32.5 Å². The number of sulfonamides is 1. The summed E-state index contributed by atoms with van der Waals surface area (Å²) in [6.07, 6.45) is 4.87. The number of amides is 2. The summed E-state index contributed by atoms with van der Waals surface area (Å²) in [6.45, 7) is 1.02. The summed E-state index contributed by atoms with van der Waals surface area (Å²) in [4.78, 5) is 38.7. The molecule has 0 radical (unpaired) electrons. The molecular weight excluding hydrogens is 503 g/mol. The minimum Gasteiger partial charge on any atom is -0.352 e. The Bertz CT molecular complexity index is 1230. The molecule has 0 heterocycles. The number of hydrogen-bond donors (Lipinski definition) is 1. The van der Waals surface area contributed by atoms with Crippen molar-refractivity contribution in [2.45, 2.75) is 57.7 Å². The second kappa shape index (κ2) is 12.1. The fourth-order valence-corrected chi connectivity index (χ4v) is 5.29. The molecule has 0 saturated heterocycles. The number of benzene rings is 2. The van der Waals surface area contributed by atoms with Crippen LogP contribution in [0.5, 0.6) is 0 Å². The lowest BCUT2D eigenvalue weighted by atomic mass is 10.1. The van der Waals surface area contributed by atoms with Crippen LogP contribution in [0.3, 0.4) is 0 Å². The number of halogens is 1. The number of non-ortho nitro benzene ring substituents is 1. The van der Waals surface area contributed by atoms with Gasteiger partial charge in [0.05, 0.1) is 16.9 Å². The van der Waals surface area contributed by atoms with Crippen molar-refractivity contribution in [3.63, 3.8) is 0 Å². The molecule has 1 N–H and O–H groups in total. The van der Waals surface area contributed by atoms with Crippen LogP contribution in [0.1, 0.15) is 44.6 Å². The van der Waals surface area contributed by atoms with Gasteiger partial charge < -0.3 is 10.2 Å². The van der Waals surface area contributed by atoms with E-state index < -0.39 is 39.3 Å². The quantitative estimate of drug-likeness (QED) is 0.348. The molecule has 1 aliphatic rings. The average molecular weight is 535 g/mol. The maximum atomic E-state index is 13.6. The first-order chi connectivity index (χ1) is 17.5. The van der Waals surface area contributed by atoms with Crippen molar-refractivity contribution in [1.29, 1.82) is 0 Å². The van der Waals surface area contributed by atoms with Gasteiger partial charge >= 0.3 is 0 Å². The van der Waals surface area contributed by atoms with Crippen molar-refractivity contribution in [2.75, 3.05) is 17.1 Å². The average Bonchev–Trinajstić information content (AvgIpc) is 3.35. The van der Waals surface area contributed by atoms with Gasteiger partial charge in [0, 0.05) is 24.7 Å². The molecule has 12 heteroatoms. The summed E-state index contributed by atoms with van der Waals surface area (Å²) >= 11 is 0. The van der Waals surface area contributed by atoms with Crippen LogP contribution >= 0.6 is 0 Å². The van der Waals surface area contributed by atoms with Crippen molar-refractivity contribution in [1.82, 2.24) is 10.2 Å². The number of carbonyl (C=O) groups excluding carboxylic acids is 2.